The van der Waals surface area contributed by atoms with Crippen molar-refractivity contribution in [2.24, 2.45) is 0 Å². The van der Waals surface area contributed by atoms with Crippen LogP contribution in [-0.4, -0.2) is 0 Å². The first-order valence-corrected chi connectivity index (χ1v) is 23.2. The van der Waals surface area contributed by atoms with Gasteiger partial charge >= 0.3 is 0 Å². The molecule has 10 aromatic carbocycles. The first-order valence-electron chi connectivity index (χ1n) is 23.2. The Morgan fingerprint density at radius 3 is 1.42 bits per heavy atom. The Bertz CT molecular complexity index is 3430. The minimum absolute atomic E-state index is 0.131. The van der Waals surface area contributed by atoms with Crippen LogP contribution in [0.25, 0.3) is 66.8 Å². The molecular formula is C65H49N. The number of nitrogens with zero attached hydrogens (tertiary/aromatic N) is 1. The predicted molar refractivity (Wildman–Crippen MR) is 278 cm³/mol. The van der Waals surface area contributed by atoms with E-state index < -0.39 is 0 Å². The van der Waals surface area contributed by atoms with Crippen LogP contribution in [0.3, 0.4) is 0 Å². The van der Waals surface area contributed by atoms with Crippen LogP contribution in [0.1, 0.15) is 48.6 Å². The van der Waals surface area contributed by atoms with Crippen LogP contribution in [0.15, 0.2) is 243 Å². The average molecular weight is 844 g/mol. The van der Waals surface area contributed by atoms with Gasteiger partial charge in [0.2, 0.25) is 0 Å². The van der Waals surface area contributed by atoms with Crippen molar-refractivity contribution < 1.29 is 0 Å². The molecule has 0 radical (unpaired) electrons. The van der Waals surface area contributed by atoms with Crippen molar-refractivity contribution in [3.8, 4) is 66.8 Å². The van der Waals surface area contributed by atoms with Gasteiger partial charge in [-0.25, -0.2) is 0 Å². The fourth-order valence-corrected chi connectivity index (χ4v) is 11.3. The normalized spacial score (nSPS) is 15.1. The molecule has 1 nitrogen and oxygen atoms in total. The number of hydrogen-bond acceptors (Lipinski definition) is 1. The third-order valence-electron chi connectivity index (χ3n) is 14.6. The van der Waals surface area contributed by atoms with Crippen molar-refractivity contribution in [3.05, 3.63) is 270 Å². The monoisotopic (exact) mass is 843 g/mol. The standard InChI is InChI=1S/C65H49N/c1-64(2)60-30-14-12-27-57(60)59-29-17-28-55(63(59)64)48-20-16-23-51(42-48)66(52-40-41-58-56-26-13-15-31-61(56)65(3,62(58)43-52)49-21-8-5-9-22-49)50-38-36-45(37-39-50)44-32-34-47(35-33-44)54-25-11-10-24-53(54)46-18-6-4-7-19-46/h4-43H,1-3H3. The lowest BCUT2D eigenvalue weighted by Gasteiger charge is -2.31. The van der Waals surface area contributed by atoms with Crippen molar-refractivity contribution in [1.82, 2.24) is 0 Å². The van der Waals surface area contributed by atoms with Crippen LogP contribution in [0.4, 0.5) is 17.1 Å². The Labute approximate surface area is 389 Å². The maximum absolute atomic E-state index is 2.45. The highest BCUT2D eigenvalue weighted by atomic mass is 15.1. The minimum Gasteiger partial charge on any atom is -0.310 e. The highest BCUT2D eigenvalue weighted by molar-refractivity contribution is 5.92. The molecule has 1 unspecified atom stereocenters. The van der Waals surface area contributed by atoms with E-state index in [2.05, 4.69) is 268 Å². The molecule has 0 saturated carbocycles. The minimum atomic E-state index is -0.320. The molecule has 0 aliphatic heterocycles. The largest absolute Gasteiger partial charge is 0.310 e. The fraction of sp³-hybridized carbons (Fsp3) is 0.0769. The van der Waals surface area contributed by atoms with E-state index in [9.17, 15) is 0 Å². The van der Waals surface area contributed by atoms with Crippen LogP contribution in [0.5, 0.6) is 0 Å². The lowest BCUT2D eigenvalue weighted by molar-refractivity contribution is 0.662. The number of rotatable bonds is 8. The number of fused-ring (bicyclic) bond motifs is 6. The number of hydrogen-bond donors (Lipinski definition) is 0. The number of benzene rings is 10. The lowest BCUT2D eigenvalue weighted by Crippen LogP contribution is -2.22. The number of anilines is 3. The van der Waals surface area contributed by atoms with E-state index in [0.717, 1.165) is 17.1 Å². The molecule has 66 heavy (non-hydrogen) atoms. The zero-order valence-electron chi connectivity index (χ0n) is 37.5. The van der Waals surface area contributed by atoms with Gasteiger partial charge in [-0.3, -0.25) is 0 Å². The summed E-state index contributed by atoms with van der Waals surface area (Å²) >= 11 is 0. The molecule has 2 aliphatic rings. The van der Waals surface area contributed by atoms with Crippen LogP contribution in [-0.2, 0) is 10.8 Å². The summed E-state index contributed by atoms with van der Waals surface area (Å²) in [6, 6.07) is 89.6. The SMILES string of the molecule is CC1(C)c2ccccc2-c2cccc(-c3cccc(N(c4ccc(-c5ccc(-c6ccccc6-c6ccccc6)cc5)cc4)c4ccc5c(c4)C(C)(c4ccccc4)c4ccccc4-5)c3)c21. The van der Waals surface area contributed by atoms with E-state index in [4.69, 9.17) is 0 Å². The van der Waals surface area contributed by atoms with Gasteiger partial charge in [-0.15, -0.1) is 0 Å². The van der Waals surface area contributed by atoms with Gasteiger partial charge in [-0.05, 0) is 138 Å². The summed E-state index contributed by atoms with van der Waals surface area (Å²) in [5.41, 5.74) is 24.7. The third kappa shape index (κ3) is 6.30. The molecule has 0 fully saturated rings. The smallest absolute Gasteiger partial charge is 0.0467 e. The van der Waals surface area contributed by atoms with Gasteiger partial charge in [-0.1, -0.05) is 220 Å². The highest BCUT2D eigenvalue weighted by Crippen LogP contribution is 2.55. The third-order valence-corrected chi connectivity index (χ3v) is 14.6. The van der Waals surface area contributed by atoms with Crippen LogP contribution < -0.4 is 4.90 Å². The highest BCUT2D eigenvalue weighted by Gasteiger charge is 2.41. The zero-order valence-corrected chi connectivity index (χ0v) is 37.5. The summed E-state index contributed by atoms with van der Waals surface area (Å²) in [7, 11) is 0. The second-order valence-corrected chi connectivity index (χ2v) is 18.6. The summed E-state index contributed by atoms with van der Waals surface area (Å²) in [6.45, 7) is 7.16. The fourth-order valence-electron chi connectivity index (χ4n) is 11.3. The van der Waals surface area contributed by atoms with Crippen molar-refractivity contribution >= 4 is 17.1 Å². The first-order chi connectivity index (χ1) is 32.4. The van der Waals surface area contributed by atoms with E-state index in [1.54, 1.807) is 0 Å². The topological polar surface area (TPSA) is 3.24 Å². The summed E-state index contributed by atoms with van der Waals surface area (Å²) in [6.07, 6.45) is 0. The van der Waals surface area contributed by atoms with Crippen LogP contribution in [0.2, 0.25) is 0 Å². The molecule has 0 bridgehead atoms. The van der Waals surface area contributed by atoms with E-state index in [-0.39, 0.29) is 10.8 Å². The zero-order chi connectivity index (χ0) is 44.4. The lowest BCUT2D eigenvalue weighted by atomic mass is 9.74. The van der Waals surface area contributed by atoms with Gasteiger partial charge in [0.15, 0.2) is 0 Å². The molecule has 0 heterocycles. The van der Waals surface area contributed by atoms with Gasteiger partial charge in [0, 0.05) is 27.9 Å². The van der Waals surface area contributed by atoms with Crippen molar-refractivity contribution in [3.63, 3.8) is 0 Å². The predicted octanol–water partition coefficient (Wildman–Crippen LogP) is 17.5. The van der Waals surface area contributed by atoms with Gasteiger partial charge < -0.3 is 4.90 Å². The Morgan fingerprint density at radius 1 is 0.273 bits per heavy atom. The molecule has 1 atom stereocenters. The van der Waals surface area contributed by atoms with E-state index in [0.29, 0.717) is 0 Å². The van der Waals surface area contributed by atoms with E-state index >= 15 is 0 Å². The van der Waals surface area contributed by atoms with Gasteiger partial charge in [0.05, 0.1) is 0 Å². The second-order valence-electron chi connectivity index (χ2n) is 18.6. The maximum atomic E-state index is 2.45. The Morgan fingerprint density at radius 2 is 0.727 bits per heavy atom. The molecular weight excluding hydrogens is 795 g/mol. The molecule has 2 aliphatic carbocycles. The molecule has 10 aromatic rings. The van der Waals surface area contributed by atoms with Gasteiger partial charge in [0.1, 0.15) is 0 Å². The van der Waals surface area contributed by atoms with Crippen molar-refractivity contribution in [2.75, 3.05) is 4.90 Å². The van der Waals surface area contributed by atoms with Gasteiger partial charge in [0.25, 0.3) is 0 Å². The maximum Gasteiger partial charge on any atom is 0.0467 e. The Hall–Kier alpha value is -8.00. The molecule has 0 saturated heterocycles. The average Bonchev–Trinajstić information content (AvgIpc) is 3.78. The van der Waals surface area contributed by atoms with Gasteiger partial charge in [-0.2, -0.15) is 0 Å². The molecule has 0 amide bonds. The second kappa shape index (κ2) is 15.6. The molecule has 1 heteroatoms. The molecule has 0 spiro atoms. The van der Waals surface area contributed by atoms with Crippen molar-refractivity contribution in [1.29, 1.82) is 0 Å². The van der Waals surface area contributed by atoms with E-state index in [1.165, 1.54) is 94.6 Å². The Kier molecular flexibility index (Phi) is 9.36. The Balaban J connectivity index is 0.972. The summed E-state index contributed by atoms with van der Waals surface area (Å²) in [4.78, 5) is 2.45. The van der Waals surface area contributed by atoms with Crippen LogP contribution >= 0.6 is 0 Å². The molecule has 0 N–H and O–H groups in total. The van der Waals surface area contributed by atoms with Crippen molar-refractivity contribution in [2.45, 2.75) is 31.6 Å². The van der Waals surface area contributed by atoms with E-state index in [1.807, 2.05) is 0 Å². The molecule has 314 valence electrons. The molecule has 12 rings (SSSR count). The summed E-state index contributed by atoms with van der Waals surface area (Å²) in [5.74, 6) is 0. The quantitative estimate of drug-likeness (QED) is 0.147. The first kappa shape index (κ1) is 39.6. The summed E-state index contributed by atoms with van der Waals surface area (Å²) in [5, 5.41) is 0. The summed E-state index contributed by atoms with van der Waals surface area (Å²) < 4.78 is 0. The molecule has 0 aromatic heterocycles. The van der Waals surface area contributed by atoms with Crippen LogP contribution in [0, 0.1) is 0 Å².